The van der Waals surface area contributed by atoms with Gasteiger partial charge in [-0.05, 0) is 54.5 Å². The number of pyridine rings is 1. The van der Waals surface area contributed by atoms with Gasteiger partial charge < -0.3 is 24.8 Å². The Morgan fingerprint density at radius 1 is 1.18 bits per heavy atom. The summed E-state index contributed by atoms with van der Waals surface area (Å²) in [6.07, 6.45) is 6.71. The van der Waals surface area contributed by atoms with Crippen molar-refractivity contribution in [3.8, 4) is 0 Å². The average molecular weight is 464 g/mol. The molecule has 0 spiro atoms. The fourth-order valence-corrected chi connectivity index (χ4v) is 4.46. The number of rotatable bonds is 9. The molecule has 2 N–H and O–H groups in total. The summed E-state index contributed by atoms with van der Waals surface area (Å²) >= 11 is 0. The van der Waals surface area contributed by atoms with Crippen molar-refractivity contribution in [3.05, 3.63) is 59.9 Å². The van der Waals surface area contributed by atoms with Gasteiger partial charge in [0.25, 0.3) is 0 Å². The number of aromatic nitrogens is 2. The first-order valence-electron chi connectivity index (χ1n) is 11.9. The van der Waals surface area contributed by atoms with E-state index in [4.69, 9.17) is 10.5 Å². The Balaban J connectivity index is 1.22. The van der Waals surface area contributed by atoms with Crippen LogP contribution in [0.4, 0.5) is 5.82 Å². The third-order valence-corrected chi connectivity index (χ3v) is 6.71. The smallest absolute Gasteiger partial charge is 0.248 e. The summed E-state index contributed by atoms with van der Waals surface area (Å²) in [6.45, 7) is 4.95. The van der Waals surface area contributed by atoms with Gasteiger partial charge in [-0.2, -0.15) is 0 Å². The molecule has 1 saturated heterocycles. The summed E-state index contributed by atoms with van der Waals surface area (Å²) in [4.78, 5) is 32.8. The number of anilines is 1. The third-order valence-electron chi connectivity index (χ3n) is 6.71. The maximum absolute atomic E-state index is 12.7. The monoisotopic (exact) mass is 463 g/mol. The minimum atomic E-state index is -0.448. The van der Waals surface area contributed by atoms with Gasteiger partial charge in [-0.25, -0.2) is 4.98 Å². The van der Waals surface area contributed by atoms with Crippen molar-refractivity contribution in [1.29, 1.82) is 0 Å². The molecule has 180 valence electrons. The van der Waals surface area contributed by atoms with Crippen LogP contribution in [0.25, 0.3) is 10.9 Å². The van der Waals surface area contributed by atoms with Gasteiger partial charge in [0, 0.05) is 56.2 Å². The molecular formula is C26H33N5O3. The number of primary amides is 1. The zero-order chi connectivity index (χ0) is 24.1. The van der Waals surface area contributed by atoms with E-state index >= 15 is 0 Å². The van der Waals surface area contributed by atoms with Crippen LogP contribution in [0, 0.1) is 0 Å². The normalized spacial score (nSPS) is 14.5. The summed E-state index contributed by atoms with van der Waals surface area (Å²) in [5.41, 5.74) is 8.04. The molecule has 3 aromatic rings. The van der Waals surface area contributed by atoms with Crippen LogP contribution in [-0.2, 0) is 22.5 Å². The van der Waals surface area contributed by atoms with E-state index in [9.17, 15) is 9.59 Å². The first-order chi connectivity index (χ1) is 16.5. The van der Waals surface area contributed by atoms with Gasteiger partial charge in [-0.3, -0.25) is 9.59 Å². The predicted octanol–water partition coefficient (Wildman–Crippen LogP) is 2.84. The zero-order valence-electron chi connectivity index (χ0n) is 19.9. The highest BCUT2D eigenvalue weighted by Gasteiger charge is 2.26. The molecule has 34 heavy (non-hydrogen) atoms. The molecule has 2 aromatic heterocycles. The lowest BCUT2D eigenvalue weighted by Gasteiger charge is -2.37. The SMILES string of the molecule is CCc1ccc(N2CCC(N(C)C(=O)COCCn3ccc4ccc(C(N)=O)cc43)CC2)nc1. The minimum absolute atomic E-state index is 0.00254. The number of ether oxygens (including phenoxy) is 1. The van der Waals surface area contributed by atoms with Crippen molar-refractivity contribution >= 4 is 28.5 Å². The topological polar surface area (TPSA) is 93.7 Å². The molecule has 0 saturated carbocycles. The first kappa shape index (κ1) is 23.8. The van der Waals surface area contributed by atoms with E-state index in [0.717, 1.165) is 49.1 Å². The molecule has 0 radical (unpaired) electrons. The number of nitrogens with two attached hydrogens (primary N) is 1. The van der Waals surface area contributed by atoms with E-state index < -0.39 is 5.91 Å². The maximum Gasteiger partial charge on any atom is 0.248 e. The Bertz CT molecular complexity index is 1130. The largest absolute Gasteiger partial charge is 0.370 e. The summed E-state index contributed by atoms with van der Waals surface area (Å²) in [7, 11) is 1.87. The van der Waals surface area contributed by atoms with Crippen LogP contribution in [0.5, 0.6) is 0 Å². The number of aryl methyl sites for hydroxylation is 1. The van der Waals surface area contributed by atoms with Crippen LogP contribution < -0.4 is 10.6 Å². The Kier molecular flexibility index (Phi) is 7.47. The zero-order valence-corrected chi connectivity index (χ0v) is 19.9. The first-order valence-corrected chi connectivity index (χ1v) is 11.9. The van der Waals surface area contributed by atoms with E-state index in [2.05, 4.69) is 28.9 Å². The fraction of sp³-hybridized carbons (Fsp3) is 0.423. The summed E-state index contributed by atoms with van der Waals surface area (Å²) in [5.74, 6) is 0.557. The van der Waals surface area contributed by atoms with E-state index in [-0.39, 0.29) is 18.6 Å². The predicted molar refractivity (Wildman–Crippen MR) is 133 cm³/mol. The van der Waals surface area contributed by atoms with Gasteiger partial charge in [0.2, 0.25) is 11.8 Å². The fourth-order valence-electron chi connectivity index (χ4n) is 4.46. The number of benzene rings is 1. The standard InChI is InChI=1S/C26H33N5O3/c1-3-19-4-7-24(28-17-19)31-12-9-22(10-13-31)29(2)25(32)18-34-15-14-30-11-8-20-5-6-21(26(27)33)16-23(20)30/h4-8,11,16-17,22H,3,9-10,12-15,18H2,1-2H3,(H2,27,33). The quantitative estimate of drug-likeness (QED) is 0.493. The number of amides is 2. The molecule has 3 heterocycles. The third kappa shape index (κ3) is 5.39. The van der Waals surface area contributed by atoms with E-state index in [1.54, 1.807) is 12.1 Å². The number of carbonyl (C=O) groups excluding carboxylic acids is 2. The second-order valence-electron chi connectivity index (χ2n) is 8.80. The van der Waals surface area contributed by atoms with Gasteiger partial charge in [0.05, 0.1) is 6.61 Å². The van der Waals surface area contributed by atoms with Gasteiger partial charge >= 0.3 is 0 Å². The van der Waals surface area contributed by atoms with Crippen LogP contribution in [0.1, 0.15) is 35.7 Å². The molecule has 1 aliphatic heterocycles. The number of piperidine rings is 1. The molecule has 4 rings (SSSR count). The summed E-state index contributed by atoms with van der Waals surface area (Å²) < 4.78 is 7.70. The van der Waals surface area contributed by atoms with Crippen molar-refractivity contribution in [1.82, 2.24) is 14.5 Å². The van der Waals surface area contributed by atoms with Crippen LogP contribution in [0.2, 0.25) is 0 Å². The van der Waals surface area contributed by atoms with E-state index in [1.807, 2.05) is 41.0 Å². The Hall–Kier alpha value is -3.39. The number of likely N-dealkylation sites (N-methyl/N-ethyl adjacent to an activating group) is 1. The molecule has 8 nitrogen and oxygen atoms in total. The van der Waals surface area contributed by atoms with Gasteiger partial charge in [0.1, 0.15) is 12.4 Å². The minimum Gasteiger partial charge on any atom is -0.370 e. The maximum atomic E-state index is 12.7. The molecular weight excluding hydrogens is 430 g/mol. The van der Waals surface area contributed by atoms with E-state index in [1.165, 1.54) is 5.56 Å². The Labute approximate surface area is 200 Å². The van der Waals surface area contributed by atoms with Crippen molar-refractivity contribution in [3.63, 3.8) is 0 Å². The number of fused-ring (bicyclic) bond motifs is 1. The molecule has 0 atom stereocenters. The highest BCUT2D eigenvalue weighted by atomic mass is 16.5. The number of hydrogen-bond donors (Lipinski definition) is 1. The molecule has 1 aromatic carbocycles. The summed E-state index contributed by atoms with van der Waals surface area (Å²) in [6, 6.07) is 11.8. The molecule has 2 amide bonds. The summed E-state index contributed by atoms with van der Waals surface area (Å²) in [5, 5.41) is 1.03. The van der Waals surface area contributed by atoms with Crippen molar-refractivity contribution in [2.45, 2.75) is 38.8 Å². The molecule has 0 aliphatic carbocycles. The molecule has 1 fully saturated rings. The lowest BCUT2D eigenvalue weighted by Crippen LogP contribution is -2.46. The number of hydrogen-bond acceptors (Lipinski definition) is 5. The van der Waals surface area contributed by atoms with E-state index in [0.29, 0.717) is 18.7 Å². The molecule has 1 aliphatic rings. The van der Waals surface area contributed by atoms with Gasteiger partial charge in [-0.15, -0.1) is 0 Å². The van der Waals surface area contributed by atoms with Crippen LogP contribution in [0.15, 0.2) is 48.8 Å². The Morgan fingerprint density at radius 2 is 1.97 bits per heavy atom. The number of nitrogens with zero attached hydrogens (tertiary/aromatic N) is 4. The lowest BCUT2D eigenvalue weighted by molar-refractivity contribution is -0.137. The van der Waals surface area contributed by atoms with Crippen molar-refractivity contribution in [2.24, 2.45) is 5.73 Å². The van der Waals surface area contributed by atoms with Gasteiger partial charge in [-0.1, -0.05) is 19.1 Å². The van der Waals surface area contributed by atoms with Crippen LogP contribution in [-0.4, -0.2) is 65.7 Å². The Morgan fingerprint density at radius 3 is 2.65 bits per heavy atom. The second-order valence-corrected chi connectivity index (χ2v) is 8.80. The van der Waals surface area contributed by atoms with Crippen LogP contribution in [0.3, 0.4) is 0 Å². The lowest BCUT2D eigenvalue weighted by atomic mass is 10.0. The second kappa shape index (κ2) is 10.7. The van der Waals surface area contributed by atoms with Gasteiger partial charge in [0.15, 0.2) is 0 Å². The van der Waals surface area contributed by atoms with Crippen LogP contribution >= 0.6 is 0 Å². The number of carbonyl (C=O) groups is 2. The highest BCUT2D eigenvalue weighted by Crippen LogP contribution is 2.21. The average Bonchev–Trinajstić information content (AvgIpc) is 3.28. The highest BCUT2D eigenvalue weighted by molar-refractivity contribution is 5.97. The molecule has 8 heteroatoms. The van der Waals surface area contributed by atoms with Crippen molar-refractivity contribution < 1.29 is 14.3 Å². The van der Waals surface area contributed by atoms with Crippen molar-refractivity contribution in [2.75, 3.05) is 38.3 Å². The molecule has 0 unspecified atom stereocenters. The molecule has 0 bridgehead atoms.